The van der Waals surface area contributed by atoms with Crippen molar-refractivity contribution in [3.05, 3.63) is 5.21 Å². The van der Waals surface area contributed by atoms with Crippen LogP contribution in [0, 0.1) is 5.21 Å². The van der Waals surface area contributed by atoms with Gasteiger partial charge in [-0.05, 0) is 12.8 Å². The van der Waals surface area contributed by atoms with Crippen LogP contribution >= 0.6 is 0 Å². The third-order valence-corrected chi connectivity index (χ3v) is 4.43. The minimum absolute atomic E-state index is 0.153. The molecule has 25 heavy (non-hydrogen) atoms. The Bertz CT molecular complexity index is 246. The fraction of sp³-hybridized carbons (Fsp3) is 0.952. The van der Waals surface area contributed by atoms with Crippen molar-refractivity contribution in [2.75, 3.05) is 6.54 Å². The van der Waals surface area contributed by atoms with Gasteiger partial charge < -0.3 is 16.4 Å². The zero-order valence-electron chi connectivity index (χ0n) is 17.2. The van der Waals surface area contributed by atoms with Crippen LogP contribution in [0.2, 0.25) is 0 Å². The van der Waals surface area contributed by atoms with Crippen molar-refractivity contribution in [2.45, 2.75) is 123 Å². The van der Waals surface area contributed by atoms with Crippen molar-refractivity contribution >= 4 is 5.91 Å². The minimum atomic E-state index is -0.153. The van der Waals surface area contributed by atoms with Crippen molar-refractivity contribution in [2.24, 2.45) is 5.73 Å². The predicted octanol–water partition coefficient (Wildman–Crippen LogP) is 5.19. The maximum atomic E-state index is 10.6. The Balaban J connectivity index is 0. The summed E-state index contributed by atoms with van der Waals surface area (Å²) in [4.78, 5) is 10.6. The van der Waals surface area contributed by atoms with Gasteiger partial charge in [-0.2, -0.15) is 0 Å². The van der Waals surface area contributed by atoms with Gasteiger partial charge in [0.2, 0.25) is 5.91 Å². The monoisotopic (exact) mass is 358 g/mol. The lowest BCUT2D eigenvalue weighted by Gasteiger charge is -2.03. The summed E-state index contributed by atoms with van der Waals surface area (Å²) in [5, 5.41) is 9.40. The number of nitrogens with two attached hydrogens (primary N) is 2. The van der Waals surface area contributed by atoms with E-state index in [0.29, 0.717) is 13.0 Å². The average molecular weight is 359 g/mol. The summed E-state index contributed by atoms with van der Waals surface area (Å²) in [7, 11) is 0. The molecular weight excluding hydrogens is 312 g/mol. The maximum Gasteiger partial charge on any atom is 0.217 e. The number of hydrogen-bond donors (Lipinski definition) is 2. The van der Waals surface area contributed by atoms with Crippen LogP contribution in [0.25, 0.3) is 0 Å². The summed E-state index contributed by atoms with van der Waals surface area (Å²) in [6, 6.07) is 0. The molecule has 0 aliphatic heterocycles. The summed E-state index contributed by atoms with van der Waals surface area (Å²) in [6.07, 6.45) is 21.9. The van der Waals surface area contributed by atoms with Gasteiger partial charge >= 0.3 is 0 Å². The van der Waals surface area contributed by atoms with Gasteiger partial charge in [-0.15, -0.1) is 0 Å². The molecule has 4 nitrogen and oxygen atoms in total. The summed E-state index contributed by atoms with van der Waals surface area (Å²) in [5.74, 6) is -0.153. The van der Waals surface area contributed by atoms with E-state index in [1.54, 1.807) is 0 Å². The van der Waals surface area contributed by atoms with Crippen LogP contribution in [0.15, 0.2) is 0 Å². The van der Waals surface area contributed by atoms with E-state index in [-0.39, 0.29) is 5.91 Å². The number of rotatable bonds is 18. The Morgan fingerprint density at radius 1 is 0.680 bits per heavy atom. The Morgan fingerprint density at radius 2 is 1.04 bits per heavy atom. The molecular formula is C21H46N2O2. The van der Waals surface area contributed by atoms with E-state index >= 15 is 0 Å². The van der Waals surface area contributed by atoms with Gasteiger partial charge in [0.1, 0.15) is 0 Å². The van der Waals surface area contributed by atoms with E-state index in [1.165, 1.54) is 89.9 Å². The minimum Gasteiger partial charge on any atom is -0.636 e. The Labute approximate surface area is 157 Å². The first-order chi connectivity index (χ1) is 12.2. The van der Waals surface area contributed by atoms with Crippen LogP contribution in [-0.4, -0.2) is 12.5 Å². The molecule has 4 heteroatoms. The van der Waals surface area contributed by atoms with Crippen LogP contribution in [0.1, 0.15) is 123 Å². The standard InChI is InChI=1S/C18H37NO.C3H9NO/c1-2-3-4-5-6-7-8-9-10-11-12-13-14-15-16-17-18(19)20;1-2-3-4-5/h2-17H2,1H3,(H2,19,20);2-4H2,1H3. The summed E-state index contributed by atoms with van der Waals surface area (Å²) in [5.41, 5.74) is 6.04. The first kappa shape index (κ1) is 26.6. The molecule has 0 heterocycles. The topological polar surface area (TPSA) is 82.8 Å². The zero-order valence-corrected chi connectivity index (χ0v) is 17.2. The van der Waals surface area contributed by atoms with Crippen molar-refractivity contribution in [1.82, 2.24) is 0 Å². The number of quaternary nitrogens is 1. The molecule has 0 saturated heterocycles. The molecule has 0 aliphatic carbocycles. The molecule has 0 aliphatic rings. The number of amides is 1. The quantitative estimate of drug-likeness (QED) is 0.261. The number of carbonyl (C=O) groups excluding carboxylic acids is 1. The van der Waals surface area contributed by atoms with Crippen LogP contribution < -0.4 is 11.2 Å². The normalized spacial score (nSPS) is 10.4. The number of unbranched alkanes of at least 4 members (excludes halogenated alkanes) is 14. The van der Waals surface area contributed by atoms with Crippen LogP contribution in [0.4, 0.5) is 0 Å². The molecule has 0 aromatic heterocycles. The third kappa shape index (κ3) is 31.6. The van der Waals surface area contributed by atoms with Crippen LogP contribution in [0.3, 0.4) is 0 Å². The molecule has 1 amide bonds. The molecule has 0 bridgehead atoms. The summed E-state index contributed by atoms with van der Waals surface area (Å²) < 4.78 is 0. The third-order valence-electron chi connectivity index (χ3n) is 4.43. The highest BCUT2D eigenvalue weighted by Gasteiger charge is 1.96. The van der Waals surface area contributed by atoms with Gasteiger partial charge in [0.05, 0.1) is 6.54 Å². The van der Waals surface area contributed by atoms with Crippen LogP contribution in [0.5, 0.6) is 0 Å². The molecule has 0 fully saturated rings. The smallest absolute Gasteiger partial charge is 0.217 e. The fourth-order valence-electron chi connectivity index (χ4n) is 2.79. The van der Waals surface area contributed by atoms with Gasteiger partial charge in [-0.3, -0.25) is 4.79 Å². The van der Waals surface area contributed by atoms with E-state index in [0.717, 1.165) is 18.3 Å². The van der Waals surface area contributed by atoms with E-state index < -0.39 is 0 Å². The molecule has 0 aromatic carbocycles. The summed E-state index contributed by atoms with van der Waals surface area (Å²) in [6.45, 7) is 4.96. The lowest BCUT2D eigenvalue weighted by molar-refractivity contribution is -0.588. The van der Waals surface area contributed by atoms with Gasteiger partial charge in [-0.1, -0.05) is 104 Å². The van der Waals surface area contributed by atoms with Crippen molar-refractivity contribution < 1.29 is 10.3 Å². The van der Waals surface area contributed by atoms with Crippen molar-refractivity contribution in [1.29, 1.82) is 0 Å². The molecule has 152 valence electrons. The Morgan fingerprint density at radius 3 is 1.28 bits per heavy atom. The lowest BCUT2D eigenvalue weighted by Crippen LogP contribution is -2.77. The van der Waals surface area contributed by atoms with Crippen LogP contribution in [-0.2, 0) is 4.79 Å². The van der Waals surface area contributed by atoms with E-state index in [9.17, 15) is 10.0 Å². The molecule has 0 radical (unpaired) electrons. The highest BCUT2D eigenvalue weighted by Crippen LogP contribution is 2.13. The highest BCUT2D eigenvalue weighted by atomic mass is 16.5. The van der Waals surface area contributed by atoms with E-state index in [4.69, 9.17) is 5.73 Å². The molecule has 0 saturated carbocycles. The van der Waals surface area contributed by atoms with Gasteiger partial charge in [0, 0.05) is 6.42 Å². The first-order valence-electron chi connectivity index (χ1n) is 10.9. The number of hydroxylamine groups is 1. The second-order valence-corrected chi connectivity index (χ2v) is 7.12. The molecule has 0 atom stereocenters. The average Bonchev–Trinajstić information content (AvgIpc) is 2.59. The Hall–Kier alpha value is -0.610. The Kier molecular flexibility index (Phi) is 27.3. The maximum absolute atomic E-state index is 10.6. The molecule has 0 spiro atoms. The lowest BCUT2D eigenvalue weighted by atomic mass is 10.0. The molecule has 0 rings (SSSR count). The summed E-state index contributed by atoms with van der Waals surface area (Å²) >= 11 is 0. The number of carbonyl (C=O) groups is 1. The first-order valence-corrected chi connectivity index (χ1v) is 10.9. The zero-order chi connectivity index (χ0) is 19.0. The van der Waals surface area contributed by atoms with E-state index in [1.807, 2.05) is 6.92 Å². The van der Waals surface area contributed by atoms with Gasteiger partial charge in [0.15, 0.2) is 0 Å². The van der Waals surface area contributed by atoms with Gasteiger partial charge in [0.25, 0.3) is 0 Å². The number of hydrogen-bond acceptors (Lipinski definition) is 2. The largest absolute Gasteiger partial charge is 0.636 e. The van der Waals surface area contributed by atoms with Crippen molar-refractivity contribution in [3.8, 4) is 0 Å². The van der Waals surface area contributed by atoms with E-state index in [2.05, 4.69) is 6.92 Å². The fourth-order valence-corrected chi connectivity index (χ4v) is 2.79. The molecule has 4 N–H and O–H groups in total. The highest BCUT2D eigenvalue weighted by molar-refractivity contribution is 5.73. The predicted molar refractivity (Wildman–Crippen MR) is 109 cm³/mol. The van der Waals surface area contributed by atoms with Gasteiger partial charge in [-0.25, -0.2) is 0 Å². The SMILES string of the molecule is CCCCCCCCCCCCCCCCCC(N)=O.CCC[NH2+][O-]. The van der Waals surface area contributed by atoms with Crippen molar-refractivity contribution in [3.63, 3.8) is 0 Å². The number of primary amides is 1. The second-order valence-electron chi connectivity index (χ2n) is 7.12. The molecule has 0 aromatic rings. The second kappa shape index (κ2) is 25.6. The molecule has 0 unspecified atom stereocenters.